The van der Waals surface area contributed by atoms with E-state index in [0.717, 1.165) is 22.6 Å². The fourth-order valence-corrected chi connectivity index (χ4v) is 4.72. The minimum Gasteiger partial charge on any atom is -0.318 e. The number of anilines is 1. The van der Waals surface area contributed by atoms with Crippen molar-refractivity contribution in [2.45, 2.75) is 34.6 Å². The quantitative estimate of drug-likeness (QED) is 0.307. The minimum absolute atomic E-state index is 0.0173. The van der Waals surface area contributed by atoms with Crippen molar-refractivity contribution >= 4 is 52.5 Å². The highest BCUT2D eigenvalue weighted by molar-refractivity contribution is 7.80. The van der Waals surface area contributed by atoms with Gasteiger partial charge in [-0.25, -0.2) is 0 Å². The van der Waals surface area contributed by atoms with E-state index < -0.39 is 11.8 Å². The molecule has 1 aliphatic rings. The number of nitrogens with zero attached hydrogens (tertiary/aromatic N) is 2. The summed E-state index contributed by atoms with van der Waals surface area (Å²) < 4.78 is 2.13. The molecule has 168 valence electrons. The largest absolute Gasteiger partial charge is 0.318 e. The van der Waals surface area contributed by atoms with Gasteiger partial charge in [0.05, 0.1) is 5.69 Å². The van der Waals surface area contributed by atoms with Gasteiger partial charge in [0.15, 0.2) is 5.11 Å². The lowest BCUT2D eigenvalue weighted by Gasteiger charge is -2.30. The Kier molecular flexibility index (Phi) is 5.99. The number of rotatable bonds is 3. The fraction of sp³-hybridized carbons (Fsp3) is 0.192. The maximum atomic E-state index is 13.4. The molecule has 2 amide bonds. The number of nitrogens with one attached hydrogen (secondary N) is 1. The van der Waals surface area contributed by atoms with Crippen LogP contribution < -0.4 is 10.2 Å². The van der Waals surface area contributed by atoms with Crippen LogP contribution in [0.3, 0.4) is 0 Å². The Hall–Kier alpha value is -3.22. The molecule has 2 aromatic carbocycles. The van der Waals surface area contributed by atoms with Crippen LogP contribution in [0.4, 0.5) is 5.69 Å². The van der Waals surface area contributed by atoms with E-state index in [1.165, 1.54) is 16.0 Å². The van der Waals surface area contributed by atoms with E-state index in [4.69, 9.17) is 23.8 Å². The Morgan fingerprint density at radius 3 is 2.30 bits per heavy atom. The minimum atomic E-state index is -0.517. The number of thiocarbonyl (C=S) groups is 1. The highest BCUT2D eigenvalue weighted by Gasteiger charge is 2.35. The average Bonchev–Trinajstić information content (AvgIpc) is 3.00. The van der Waals surface area contributed by atoms with Gasteiger partial charge in [0.2, 0.25) is 0 Å². The first-order valence-corrected chi connectivity index (χ1v) is 11.3. The maximum Gasteiger partial charge on any atom is 0.270 e. The van der Waals surface area contributed by atoms with Crippen molar-refractivity contribution in [1.29, 1.82) is 0 Å². The summed E-state index contributed by atoms with van der Waals surface area (Å²) in [5.74, 6) is -0.998. The molecule has 0 unspecified atom stereocenters. The highest BCUT2D eigenvalue weighted by atomic mass is 35.5. The zero-order chi connectivity index (χ0) is 24.0. The number of aryl methyl sites for hydroxylation is 3. The lowest BCUT2D eigenvalue weighted by molar-refractivity contribution is -0.122. The zero-order valence-corrected chi connectivity index (χ0v) is 20.7. The number of carbonyl (C=O) groups is 2. The third-order valence-corrected chi connectivity index (χ3v) is 6.51. The van der Waals surface area contributed by atoms with Crippen LogP contribution in [0.15, 0.2) is 48.0 Å². The van der Waals surface area contributed by atoms with E-state index in [2.05, 4.69) is 41.9 Å². The van der Waals surface area contributed by atoms with Gasteiger partial charge in [0.1, 0.15) is 5.57 Å². The number of amides is 2. The normalized spacial score (nSPS) is 15.4. The number of halogens is 1. The summed E-state index contributed by atoms with van der Waals surface area (Å²) >= 11 is 11.6. The molecular weight excluding hydrogens is 454 g/mol. The SMILES string of the molecule is Cc1cc(C)cc(-n2c(C)cc(/C=C3\C(=O)NC(=S)N(c4cccc(Cl)c4C)C3=O)c2C)c1. The molecule has 3 aromatic rings. The Morgan fingerprint density at radius 1 is 0.970 bits per heavy atom. The molecule has 7 heteroatoms. The number of aromatic nitrogens is 1. The molecule has 0 saturated carbocycles. The van der Waals surface area contributed by atoms with Crippen LogP contribution in [0.5, 0.6) is 0 Å². The van der Waals surface area contributed by atoms with Gasteiger partial charge in [-0.2, -0.15) is 0 Å². The van der Waals surface area contributed by atoms with Gasteiger partial charge >= 0.3 is 0 Å². The first kappa shape index (κ1) is 23.0. The molecule has 0 bridgehead atoms. The van der Waals surface area contributed by atoms with Crippen LogP contribution in [0.2, 0.25) is 5.02 Å². The van der Waals surface area contributed by atoms with Gasteiger partial charge in [-0.15, -0.1) is 0 Å². The summed E-state index contributed by atoms with van der Waals surface area (Å²) in [6, 6.07) is 13.6. The zero-order valence-electron chi connectivity index (χ0n) is 19.1. The predicted molar refractivity (Wildman–Crippen MR) is 137 cm³/mol. The molecule has 33 heavy (non-hydrogen) atoms. The van der Waals surface area contributed by atoms with Crippen molar-refractivity contribution in [2.75, 3.05) is 4.90 Å². The van der Waals surface area contributed by atoms with Gasteiger partial charge in [-0.05, 0) is 105 Å². The van der Waals surface area contributed by atoms with Crippen LogP contribution in [0, 0.1) is 34.6 Å². The van der Waals surface area contributed by atoms with E-state index in [1.807, 2.05) is 26.8 Å². The van der Waals surface area contributed by atoms with E-state index in [9.17, 15) is 9.59 Å². The first-order chi connectivity index (χ1) is 15.6. The molecule has 0 aliphatic carbocycles. The Bertz CT molecular complexity index is 1350. The van der Waals surface area contributed by atoms with Crippen molar-refractivity contribution in [1.82, 2.24) is 9.88 Å². The smallest absolute Gasteiger partial charge is 0.270 e. The third kappa shape index (κ3) is 4.12. The van der Waals surface area contributed by atoms with E-state index >= 15 is 0 Å². The Balaban J connectivity index is 1.80. The molecule has 4 rings (SSSR count). The van der Waals surface area contributed by atoms with Crippen LogP contribution in [-0.4, -0.2) is 21.5 Å². The van der Waals surface area contributed by atoms with Gasteiger partial charge < -0.3 is 4.57 Å². The summed E-state index contributed by atoms with van der Waals surface area (Å²) in [5, 5.41) is 3.19. The lowest BCUT2D eigenvalue weighted by atomic mass is 10.1. The highest BCUT2D eigenvalue weighted by Crippen LogP contribution is 2.30. The Labute approximate surface area is 203 Å². The molecule has 5 nitrogen and oxygen atoms in total. The molecule has 1 N–H and O–H groups in total. The molecule has 1 fully saturated rings. The van der Waals surface area contributed by atoms with Crippen molar-refractivity contribution in [2.24, 2.45) is 0 Å². The van der Waals surface area contributed by atoms with E-state index in [-0.39, 0.29) is 10.7 Å². The van der Waals surface area contributed by atoms with Crippen molar-refractivity contribution in [3.05, 3.63) is 86.7 Å². The molecule has 1 aliphatic heterocycles. The maximum absolute atomic E-state index is 13.4. The molecule has 1 aromatic heterocycles. The molecule has 0 atom stereocenters. The van der Waals surface area contributed by atoms with E-state index in [1.54, 1.807) is 24.3 Å². The second-order valence-electron chi connectivity index (χ2n) is 8.35. The van der Waals surface area contributed by atoms with Crippen LogP contribution >= 0.6 is 23.8 Å². The third-order valence-electron chi connectivity index (χ3n) is 5.82. The molecule has 0 radical (unpaired) electrons. The second-order valence-corrected chi connectivity index (χ2v) is 9.14. The summed E-state index contributed by atoms with van der Waals surface area (Å²) in [5.41, 5.74) is 7.38. The monoisotopic (exact) mass is 477 g/mol. The number of carbonyl (C=O) groups excluding carboxylic acids is 2. The number of hydrogen-bond acceptors (Lipinski definition) is 3. The Morgan fingerprint density at radius 2 is 1.64 bits per heavy atom. The topological polar surface area (TPSA) is 54.3 Å². The lowest BCUT2D eigenvalue weighted by Crippen LogP contribution is -2.54. The van der Waals surface area contributed by atoms with Crippen LogP contribution in [0.1, 0.15) is 33.6 Å². The number of hydrogen-bond donors (Lipinski definition) is 1. The van der Waals surface area contributed by atoms with Gasteiger partial charge in [0.25, 0.3) is 11.8 Å². The standard InChI is InChI=1S/C26H24ClN3O2S/c1-14-9-15(2)11-20(10-14)29-16(3)12-19(18(29)5)13-21-24(31)28-26(33)30(25(21)32)23-8-6-7-22(27)17(23)4/h6-13H,1-5H3,(H,28,31,33)/b21-13+. The summed E-state index contributed by atoms with van der Waals surface area (Å²) in [7, 11) is 0. The average molecular weight is 478 g/mol. The van der Waals surface area contributed by atoms with Gasteiger partial charge in [-0.3, -0.25) is 19.8 Å². The first-order valence-electron chi connectivity index (χ1n) is 10.5. The van der Waals surface area contributed by atoms with Crippen LogP contribution in [0.25, 0.3) is 11.8 Å². The second kappa shape index (κ2) is 8.61. The molecular formula is C26H24ClN3O2S. The van der Waals surface area contributed by atoms with E-state index in [0.29, 0.717) is 16.3 Å². The molecule has 1 saturated heterocycles. The van der Waals surface area contributed by atoms with Gasteiger partial charge in [-0.1, -0.05) is 23.7 Å². The molecule has 2 heterocycles. The van der Waals surface area contributed by atoms with Gasteiger partial charge in [0, 0.05) is 22.1 Å². The van der Waals surface area contributed by atoms with Crippen molar-refractivity contribution < 1.29 is 9.59 Å². The summed E-state index contributed by atoms with van der Waals surface area (Å²) in [4.78, 5) is 27.5. The predicted octanol–water partition coefficient (Wildman–Crippen LogP) is 5.50. The summed E-state index contributed by atoms with van der Waals surface area (Å²) in [6.07, 6.45) is 1.63. The van der Waals surface area contributed by atoms with Crippen LogP contribution in [-0.2, 0) is 9.59 Å². The van der Waals surface area contributed by atoms with Crippen molar-refractivity contribution in [3.8, 4) is 5.69 Å². The number of benzene rings is 2. The van der Waals surface area contributed by atoms with Crippen molar-refractivity contribution in [3.63, 3.8) is 0 Å². The molecule has 0 spiro atoms. The fourth-order valence-electron chi connectivity index (χ4n) is 4.28. The summed E-state index contributed by atoms with van der Waals surface area (Å²) in [6.45, 7) is 9.92.